The molecular weight excluding hydrogens is 294 g/mol. The normalized spacial score (nSPS) is 15.9. The second kappa shape index (κ2) is 6.35. The van der Waals surface area contributed by atoms with E-state index in [1.807, 2.05) is 0 Å². The quantitative estimate of drug-likeness (QED) is 0.847. The zero-order valence-corrected chi connectivity index (χ0v) is 12.6. The van der Waals surface area contributed by atoms with E-state index in [4.69, 9.17) is 21.4 Å². The lowest BCUT2D eigenvalue weighted by atomic mass is 9.66. The molecule has 1 fully saturated rings. The van der Waals surface area contributed by atoms with Gasteiger partial charge in [0.1, 0.15) is 5.75 Å². The lowest BCUT2D eigenvalue weighted by Gasteiger charge is -2.40. The molecule has 114 valence electrons. The van der Waals surface area contributed by atoms with Crippen LogP contribution in [0.15, 0.2) is 18.2 Å². The molecule has 0 atom stereocenters. The smallest absolute Gasteiger partial charge is 0.303 e. The zero-order valence-electron chi connectivity index (χ0n) is 11.8. The Labute approximate surface area is 128 Å². The van der Waals surface area contributed by atoms with Gasteiger partial charge < -0.3 is 15.2 Å². The molecule has 1 aromatic carbocycles. The first-order chi connectivity index (χ1) is 9.96. The van der Waals surface area contributed by atoms with E-state index >= 15 is 0 Å². The van der Waals surface area contributed by atoms with Crippen molar-refractivity contribution in [1.82, 2.24) is 5.32 Å². The van der Waals surface area contributed by atoms with Gasteiger partial charge in [-0.25, -0.2) is 0 Å². The fourth-order valence-electron chi connectivity index (χ4n) is 2.63. The van der Waals surface area contributed by atoms with Crippen LogP contribution in [-0.2, 0) is 4.79 Å². The maximum absolute atomic E-state index is 12.3. The van der Waals surface area contributed by atoms with Gasteiger partial charge in [0.25, 0.3) is 5.91 Å². The van der Waals surface area contributed by atoms with Crippen molar-refractivity contribution < 1.29 is 19.4 Å². The van der Waals surface area contributed by atoms with Gasteiger partial charge >= 0.3 is 5.97 Å². The highest BCUT2D eigenvalue weighted by atomic mass is 35.5. The number of ether oxygens (including phenoxy) is 1. The van der Waals surface area contributed by atoms with Crippen molar-refractivity contribution in [2.45, 2.75) is 25.7 Å². The first-order valence-electron chi connectivity index (χ1n) is 6.79. The summed E-state index contributed by atoms with van der Waals surface area (Å²) in [6.07, 6.45) is 2.74. The third-order valence-corrected chi connectivity index (χ3v) is 4.21. The Balaban J connectivity index is 2.05. The third-order valence-electron chi connectivity index (χ3n) is 3.97. The average molecular weight is 312 g/mol. The van der Waals surface area contributed by atoms with Crippen LogP contribution in [0.2, 0.25) is 5.02 Å². The molecule has 0 unspecified atom stereocenters. The standard InChI is InChI=1S/C15H18ClNO4/c1-21-12-4-3-10(16)7-11(12)14(20)17-9-15(5-2-6-15)8-13(18)19/h3-4,7H,2,5-6,8-9H2,1H3,(H,17,20)(H,18,19). The van der Waals surface area contributed by atoms with Gasteiger partial charge in [0, 0.05) is 11.6 Å². The molecule has 2 rings (SSSR count). The summed E-state index contributed by atoms with van der Waals surface area (Å²) in [7, 11) is 1.48. The molecule has 0 heterocycles. The van der Waals surface area contributed by atoms with E-state index in [-0.39, 0.29) is 17.7 Å². The number of nitrogens with one attached hydrogen (secondary N) is 1. The van der Waals surface area contributed by atoms with Crippen LogP contribution in [0.3, 0.4) is 0 Å². The molecule has 0 saturated heterocycles. The Bertz CT molecular complexity index is 555. The number of halogens is 1. The van der Waals surface area contributed by atoms with E-state index < -0.39 is 5.97 Å². The number of methoxy groups -OCH3 is 1. The van der Waals surface area contributed by atoms with Crippen LogP contribution in [-0.4, -0.2) is 30.6 Å². The van der Waals surface area contributed by atoms with Gasteiger partial charge in [-0.1, -0.05) is 18.0 Å². The summed E-state index contributed by atoms with van der Waals surface area (Å²) in [4.78, 5) is 23.2. The molecule has 0 spiro atoms. The van der Waals surface area contributed by atoms with E-state index in [1.54, 1.807) is 18.2 Å². The highest BCUT2D eigenvalue weighted by Gasteiger charge is 2.39. The first kappa shape index (κ1) is 15.6. The number of carboxylic acid groups (broad SMARTS) is 1. The summed E-state index contributed by atoms with van der Waals surface area (Å²) in [5.41, 5.74) is 0.0441. The molecule has 6 heteroatoms. The van der Waals surface area contributed by atoms with Gasteiger partial charge in [-0.2, -0.15) is 0 Å². The van der Waals surface area contributed by atoms with Crippen LogP contribution in [0, 0.1) is 5.41 Å². The maximum Gasteiger partial charge on any atom is 0.303 e. The van der Waals surface area contributed by atoms with Crippen LogP contribution < -0.4 is 10.1 Å². The number of amides is 1. The van der Waals surface area contributed by atoms with Crippen molar-refractivity contribution in [1.29, 1.82) is 0 Å². The summed E-state index contributed by atoms with van der Waals surface area (Å²) >= 11 is 5.90. The van der Waals surface area contributed by atoms with Crippen molar-refractivity contribution in [2.75, 3.05) is 13.7 Å². The predicted molar refractivity (Wildman–Crippen MR) is 78.9 cm³/mol. The second-order valence-electron chi connectivity index (χ2n) is 5.45. The number of carbonyl (C=O) groups excluding carboxylic acids is 1. The SMILES string of the molecule is COc1ccc(Cl)cc1C(=O)NCC1(CC(=O)O)CCC1. The topological polar surface area (TPSA) is 75.6 Å². The molecule has 1 aliphatic rings. The minimum atomic E-state index is -0.829. The number of hydrogen-bond acceptors (Lipinski definition) is 3. The fraction of sp³-hybridized carbons (Fsp3) is 0.467. The Hall–Kier alpha value is -1.75. The van der Waals surface area contributed by atoms with Gasteiger partial charge in [-0.3, -0.25) is 9.59 Å². The predicted octanol–water partition coefficient (Wildman–Crippen LogP) is 2.72. The molecule has 0 bridgehead atoms. The molecule has 21 heavy (non-hydrogen) atoms. The van der Waals surface area contributed by atoms with Crippen molar-refractivity contribution in [3.05, 3.63) is 28.8 Å². The summed E-state index contributed by atoms with van der Waals surface area (Å²) in [5, 5.41) is 12.2. The van der Waals surface area contributed by atoms with Crippen molar-refractivity contribution in [3.63, 3.8) is 0 Å². The van der Waals surface area contributed by atoms with Crippen molar-refractivity contribution >= 4 is 23.5 Å². The molecule has 0 radical (unpaired) electrons. The Morgan fingerprint density at radius 3 is 2.67 bits per heavy atom. The lowest BCUT2D eigenvalue weighted by molar-refractivity contribution is -0.141. The highest BCUT2D eigenvalue weighted by Crippen LogP contribution is 2.43. The van der Waals surface area contributed by atoms with Gasteiger partial charge in [0.15, 0.2) is 0 Å². The zero-order chi connectivity index (χ0) is 15.5. The molecule has 0 aliphatic heterocycles. The van der Waals surface area contributed by atoms with Gasteiger partial charge in [0.2, 0.25) is 0 Å². The summed E-state index contributed by atoms with van der Waals surface area (Å²) < 4.78 is 5.14. The van der Waals surface area contributed by atoms with Gasteiger partial charge in [0.05, 0.1) is 19.1 Å². The van der Waals surface area contributed by atoms with Gasteiger partial charge in [-0.15, -0.1) is 0 Å². The summed E-state index contributed by atoms with van der Waals surface area (Å²) in [5.74, 6) is -0.687. The number of hydrogen-bond donors (Lipinski definition) is 2. The first-order valence-corrected chi connectivity index (χ1v) is 7.17. The maximum atomic E-state index is 12.3. The number of rotatable bonds is 6. The summed E-state index contributed by atoms with van der Waals surface area (Å²) in [6.45, 7) is 0.355. The Kier molecular flexibility index (Phi) is 4.73. The largest absolute Gasteiger partial charge is 0.496 e. The molecule has 5 nitrogen and oxygen atoms in total. The van der Waals surface area contributed by atoms with E-state index in [0.29, 0.717) is 22.9 Å². The van der Waals surface area contributed by atoms with Crippen molar-refractivity contribution in [2.24, 2.45) is 5.41 Å². The molecule has 1 aliphatic carbocycles. The number of benzene rings is 1. The van der Waals surface area contributed by atoms with Crippen LogP contribution >= 0.6 is 11.6 Å². The molecule has 1 aromatic rings. The number of aliphatic carboxylic acids is 1. The van der Waals surface area contributed by atoms with Crippen molar-refractivity contribution in [3.8, 4) is 5.75 Å². The van der Waals surface area contributed by atoms with Crippen LogP contribution in [0.4, 0.5) is 0 Å². The van der Waals surface area contributed by atoms with E-state index in [9.17, 15) is 9.59 Å². The second-order valence-corrected chi connectivity index (χ2v) is 5.89. The van der Waals surface area contributed by atoms with E-state index in [1.165, 1.54) is 7.11 Å². The molecule has 1 amide bonds. The average Bonchev–Trinajstić information content (AvgIpc) is 2.40. The monoisotopic (exact) mass is 311 g/mol. The number of carbonyl (C=O) groups is 2. The van der Waals surface area contributed by atoms with Crippen LogP contribution in [0.5, 0.6) is 5.75 Å². The van der Waals surface area contributed by atoms with Crippen LogP contribution in [0.25, 0.3) is 0 Å². The van der Waals surface area contributed by atoms with Crippen LogP contribution in [0.1, 0.15) is 36.0 Å². The molecular formula is C15H18ClNO4. The number of carboxylic acids is 1. The lowest BCUT2D eigenvalue weighted by Crippen LogP contribution is -2.43. The summed E-state index contributed by atoms with van der Waals surface area (Å²) in [6, 6.07) is 4.82. The van der Waals surface area contributed by atoms with E-state index in [2.05, 4.69) is 5.32 Å². The van der Waals surface area contributed by atoms with Gasteiger partial charge in [-0.05, 0) is 36.5 Å². The minimum absolute atomic E-state index is 0.0833. The molecule has 2 N–H and O–H groups in total. The third kappa shape index (κ3) is 3.67. The molecule has 1 saturated carbocycles. The molecule has 0 aromatic heterocycles. The highest BCUT2D eigenvalue weighted by molar-refractivity contribution is 6.31. The fourth-order valence-corrected chi connectivity index (χ4v) is 2.81. The Morgan fingerprint density at radius 2 is 2.14 bits per heavy atom. The Morgan fingerprint density at radius 1 is 1.43 bits per heavy atom. The van der Waals surface area contributed by atoms with E-state index in [0.717, 1.165) is 19.3 Å². The minimum Gasteiger partial charge on any atom is -0.496 e.